The Bertz CT molecular complexity index is 217. The van der Waals surface area contributed by atoms with Crippen molar-refractivity contribution in [3.05, 3.63) is 0 Å². The van der Waals surface area contributed by atoms with Crippen LogP contribution in [0.5, 0.6) is 0 Å². The van der Waals surface area contributed by atoms with E-state index >= 15 is 0 Å². The van der Waals surface area contributed by atoms with Crippen molar-refractivity contribution < 1.29 is 9.53 Å². The van der Waals surface area contributed by atoms with E-state index in [1.54, 1.807) is 0 Å². The molecular weight excluding hydrogens is 178 g/mol. The molecule has 0 saturated heterocycles. The predicted molar refractivity (Wildman–Crippen MR) is 53.6 cm³/mol. The van der Waals surface area contributed by atoms with Gasteiger partial charge in [0.1, 0.15) is 0 Å². The quantitative estimate of drug-likeness (QED) is 0.694. The van der Waals surface area contributed by atoms with Crippen LogP contribution < -0.4 is 5.73 Å². The van der Waals surface area contributed by atoms with E-state index in [9.17, 15) is 4.79 Å². The number of esters is 1. The zero-order valence-corrected chi connectivity index (χ0v) is 8.63. The largest absolute Gasteiger partial charge is 0.465 e. The molecule has 0 radical (unpaired) electrons. The van der Waals surface area contributed by atoms with E-state index in [-0.39, 0.29) is 11.4 Å². The molecule has 2 rings (SSSR count). The van der Waals surface area contributed by atoms with Crippen molar-refractivity contribution in [1.82, 2.24) is 0 Å². The van der Waals surface area contributed by atoms with Crippen molar-refractivity contribution in [1.29, 1.82) is 0 Å². The lowest BCUT2D eigenvalue weighted by Gasteiger charge is -2.24. The third kappa shape index (κ3) is 1.92. The van der Waals surface area contributed by atoms with Crippen molar-refractivity contribution in [3.63, 3.8) is 0 Å². The highest BCUT2D eigenvalue weighted by Gasteiger charge is 2.41. The minimum Gasteiger partial charge on any atom is -0.465 e. The molecule has 0 aliphatic heterocycles. The summed E-state index contributed by atoms with van der Waals surface area (Å²) in [6.45, 7) is 1.08. The van der Waals surface area contributed by atoms with Crippen molar-refractivity contribution in [2.75, 3.05) is 13.2 Å². The zero-order valence-electron chi connectivity index (χ0n) is 8.63. The molecule has 3 nitrogen and oxygen atoms in total. The molecule has 0 aromatic rings. The summed E-state index contributed by atoms with van der Waals surface area (Å²) in [5.41, 5.74) is 5.37. The zero-order chi connectivity index (χ0) is 10.0. The molecule has 0 atom stereocenters. The molecule has 3 heteroatoms. The van der Waals surface area contributed by atoms with Crippen LogP contribution in [0, 0.1) is 11.3 Å². The van der Waals surface area contributed by atoms with Crippen LogP contribution >= 0.6 is 0 Å². The van der Waals surface area contributed by atoms with E-state index in [0.29, 0.717) is 19.1 Å². The van der Waals surface area contributed by atoms with E-state index in [4.69, 9.17) is 10.5 Å². The summed E-state index contributed by atoms with van der Waals surface area (Å²) in [5.74, 6) is 0.611. The summed E-state index contributed by atoms with van der Waals surface area (Å²) in [5, 5.41) is 0. The number of hydrogen-bond acceptors (Lipinski definition) is 3. The van der Waals surface area contributed by atoms with Crippen LogP contribution in [-0.4, -0.2) is 19.1 Å². The number of ether oxygens (including phenoxy) is 1. The Morgan fingerprint density at radius 2 is 2.00 bits per heavy atom. The molecule has 0 aromatic carbocycles. The molecular formula is C11H19NO2. The van der Waals surface area contributed by atoms with Crippen LogP contribution in [0.1, 0.15) is 38.5 Å². The Hall–Kier alpha value is -0.570. The lowest BCUT2D eigenvalue weighted by atomic mass is 9.86. The van der Waals surface area contributed by atoms with Gasteiger partial charge in [0.25, 0.3) is 0 Å². The molecule has 0 aromatic heterocycles. The van der Waals surface area contributed by atoms with Crippen LogP contribution in [0.3, 0.4) is 0 Å². The highest BCUT2D eigenvalue weighted by Crippen LogP contribution is 2.39. The number of carbonyl (C=O) groups is 1. The van der Waals surface area contributed by atoms with E-state index in [1.807, 2.05) is 0 Å². The smallest absolute Gasteiger partial charge is 0.313 e. The lowest BCUT2D eigenvalue weighted by molar-refractivity contribution is -0.155. The molecule has 2 fully saturated rings. The van der Waals surface area contributed by atoms with Crippen LogP contribution in [0.4, 0.5) is 0 Å². The second-order valence-electron chi connectivity index (χ2n) is 4.73. The van der Waals surface area contributed by atoms with E-state index < -0.39 is 0 Å². The molecule has 2 aliphatic carbocycles. The fourth-order valence-corrected chi connectivity index (χ4v) is 2.17. The van der Waals surface area contributed by atoms with Crippen molar-refractivity contribution in [2.24, 2.45) is 17.1 Å². The van der Waals surface area contributed by atoms with Gasteiger partial charge in [-0.2, -0.15) is 0 Å². The van der Waals surface area contributed by atoms with Gasteiger partial charge in [0, 0.05) is 6.54 Å². The maximum absolute atomic E-state index is 11.8. The van der Waals surface area contributed by atoms with Gasteiger partial charge in [0.15, 0.2) is 0 Å². The first-order valence-corrected chi connectivity index (χ1v) is 5.64. The van der Waals surface area contributed by atoms with Gasteiger partial charge in [0.05, 0.1) is 12.0 Å². The van der Waals surface area contributed by atoms with Crippen LogP contribution in [0.25, 0.3) is 0 Å². The first kappa shape index (κ1) is 9.97. The highest BCUT2D eigenvalue weighted by molar-refractivity contribution is 5.77. The Balaban J connectivity index is 1.86. The SMILES string of the molecule is NCC1(C(=O)OCC2CC2)CCCC1. The van der Waals surface area contributed by atoms with Gasteiger partial charge in [-0.3, -0.25) is 4.79 Å². The Morgan fingerprint density at radius 1 is 1.36 bits per heavy atom. The molecule has 2 aliphatic rings. The molecule has 80 valence electrons. The minimum atomic E-state index is -0.325. The summed E-state index contributed by atoms with van der Waals surface area (Å²) in [4.78, 5) is 11.8. The molecule has 0 bridgehead atoms. The molecule has 2 N–H and O–H groups in total. The fraction of sp³-hybridized carbons (Fsp3) is 0.909. The van der Waals surface area contributed by atoms with E-state index in [1.165, 1.54) is 12.8 Å². The number of hydrogen-bond donors (Lipinski definition) is 1. The number of rotatable bonds is 4. The average Bonchev–Trinajstić information content (AvgIpc) is 2.90. The van der Waals surface area contributed by atoms with Gasteiger partial charge in [-0.25, -0.2) is 0 Å². The summed E-state index contributed by atoms with van der Waals surface area (Å²) >= 11 is 0. The van der Waals surface area contributed by atoms with Gasteiger partial charge >= 0.3 is 5.97 Å². The van der Waals surface area contributed by atoms with Gasteiger partial charge in [0.2, 0.25) is 0 Å². The molecule has 2 saturated carbocycles. The van der Waals surface area contributed by atoms with E-state index in [0.717, 1.165) is 25.7 Å². The highest BCUT2D eigenvalue weighted by atomic mass is 16.5. The molecule has 0 amide bonds. The summed E-state index contributed by atoms with van der Waals surface area (Å²) in [6.07, 6.45) is 6.54. The van der Waals surface area contributed by atoms with Crippen LogP contribution in [0.15, 0.2) is 0 Å². The monoisotopic (exact) mass is 197 g/mol. The van der Waals surface area contributed by atoms with Gasteiger partial charge in [-0.1, -0.05) is 12.8 Å². The summed E-state index contributed by atoms with van der Waals surface area (Å²) in [7, 11) is 0. The molecule has 14 heavy (non-hydrogen) atoms. The fourth-order valence-electron chi connectivity index (χ4n) is 2.17. The third-order valence-electron chi connectivity index (χ3n) is 3.53. The molecule has 0 heterocycles. The number of nitrogens with two attached hydrogens (primary N) is 1. The van der Waals surface area contributed by atoms with E-state index in [2.05, 4.69) is 0 Å². The second-order valence-corrected chi connectivity index (χ2v) is 4.73. The Morgan fingerprint density at radius 3 is 2.50 bits per heavy atom. The van der Waals surface area contributed by atoms with Crippen molar-refractivity contribution in [3.8, 4) is 0 Å². The van der Waals surface area contributed by atoms with Gasteiger partial charge in [-0.05, 0) is 31.6 Å². The summed E-state index contributed by atoms with van der Waals surface area (Å²) in [6, 6.07) is 0. The average molecular weight is 197 g/mol. The topological polar surface area (TPSA) is 52.3 Å². The third-order valence-corrected chi connectivity index (χ3v) is 3.53. The first-order chi connectivity index (χ1) is 6.77. The maximum atomic E-state index is 11.8. The number of carbonyl (C=O) groups excluding carboxylic acids is 1. The maximum Gasteiger partial charge on any atom is 0.313 e. The minimum absolute atomic E-state index is 0.0376. The van der Waals surface area contributed by atoms with Gasteiger partial charge < -0.3 is 10.5 Å². The first-order valence-electron chi connectivity index (χ1n) is 5.64. The standard InChI is InChI=1S/C11H19NO2/c12-8-11(5-1-2-6-11)10(13)14-7-9-3-4-9/h9H,1-8,12H2. The lowest BCUT2D eigenvalue weighted by Crippen LogP contribution is -2.37. The Labute approximate surface area is 85.0 Å². The Kier molecular flexibility index (Phi) is 2.77. The summed E-state index contributed by atoms with van der Waals surface area (Å²) < 4.78 is 5.33. The normalized spacial score (nSPS) is 24.9. The van der Waals surface area contributed by atoms with Crippen LogP contribution in [-0.2, 0) is 9.53 Å². The van der Waals surface area contributed by atoms with Crippen molar-refractivity contribution >= 4 is 5.97 Å². The van der Waals surface area contributed by atoms with Crippen molar-refractivity contribution in [2.45, 2.75) is 38.5 Å². The second kappa shape index (κ2) is 3.89. The molecule has 0 spiro atoms. The van der Waals surface area contributed by atoms with Gasteiger partial charge in [-0.15, -0.1) is 0 Å². The van der Waals surface area contributed by atoms with Crippen LogP contribution in [0.2, 0.25) is 0 Å². The predicted octanol–water partition coefficient (Wildman–Crippen LogP) is 1.46. The molecule has 0 unspecified atom stereocenters.